The minimum absolute atomic E-state index is 0.0620. The fourth-order valence-corrected chi connectivity index (χ4v) is 2.93. The second-order valence-electron chi connectivity index (χ2n) is 6.47. The van der Waals surface area contributed by atoms with Crippen molar-refractivity contribution in [2.24, 2.45) is 0 Å². The van der Waals surface area contributed by atoms with Gasteiger partial charge in [-0.05, 0) is 24.3 Å². The van der Waals surface area contributed by atoms with Crippen molar-refractivity contribution in [3.8, 4) is 0 Å². The van der Waals surface area contributed by atoms with Gasteiger partial charge in [0.25, 0.3) is 5.91 Å². The Morgan fingerprint density at radius 1 is 0.893 bits per heavy atom. The lowest BCUT2D eigenvalue weighted by Gasteiger charge is -2.34. The zero-order valence-electron chi connectivity index (χ0n) is 15.8. The third kappa shape index (κ3) is 4.81. The van der Waals surface area contributed by atoms with Crippen LogP contribution in [0.2, 0.25) is 0 Å². The number of carbonyl (C=O) groups is 3. The molecule has 0 spiro atoms. The first-order valence-corrected chi connectivity index (χ1v) is 8.94. The summed E-state index contributed by atoms with van der Waals surface area (Å²) in [6, 6.07) is 8.46. The van der Waals surface area contributed by atoms with Crippen LogP contribution in [0.1, 0.15) is 24.3 Å². The number of hydrogen-bond acceptors (Lipinski definition) is 6. The summed E-state index contributed by atoms with van der Waals surface area (Å²) in [6.07, 6.45) is 1.36. The third-order valence-electron chi connectivity index (χ3n) is 4.40. The molecule has 1 aliphatic heterocycles. The molecule has 0 bridgehead atoms. The van der Waals surface area contributed by atoms with Crippen molar-refractivity contribution in [3.05, 3.63) is 42.4 Å². The summed E-state index contributed by atoms with van der Waals surface area (Å²) in [4.78, 5) is 47.1. The Labute approximate surface area is 162 Å². The predicted octanol–water partition coefficient (Wildman–Crippen LogP) is 1.36. The first kappa shape index (κ1) is 19.3. The fourth-order valence-electron chi connectivity index (χ4n) is 2.93. The molecule has 146 valence electrons. The standard InChI is InChI=1S/C19H22N6O3/c1-13(26)22-15-3-5-16(6-4-15)23-19(28)17-11-18(21-12-20-17)25-9-7-24(8-10-25)14(2)27/h3-6,11-12H,7-10H2,1-2H3,(H,22,26)(H,23,28). The van der Waals surface area contributed by atoms with Crippen LogP contribution < -0.4 is 15.5 Å². The lowest BCUT2D eigenvalue weighted by atomic mass is 10.2. The molecule has 2 heterocycles. The Hall–Kier alpha value is -3.49. The number of amides is 3. The molecule has 2 aromatic rings. The Bertz CT molecular complexity index is 875. The van der Waals surface area contributed by atoms with E-state index in [0.717, 1.165) is 0 Å². The molecule has 0 aliphatic carbocycles. The van der Waals surface area contributed by atoms with Crippen LogP contribution in [0.5, 0.6) is 0 Å². The van der Waals surface area contributed by atoms with Gasteiger partial charge in [0, 0.05) is 57.5 Å². The molecule has 9 heteroatoms. The van der Waals surface area contributed by atoms with E-state index >= 15 is 0 Å². The molecule has 2 N–H and O–H groups in total. The van der Waals surface area contributed by atoms with E-state index in [4.69, 9.17) is 0 Å². The highest BCUT2D eigenvalue weighted by Crippen LogP contribution is 2.17. The van der Waals surface area contributed by atoms with Crippen molar-refractivity contribution in [2.45, 2.75) is 13.8 Å². The van der Waals surface area contributed by atoms with Crippen LogP contribution in [0.15, 0.2) is 36.7 Å². The fraction of sp³-hybridized carbons (Fsp3) is 0.316. The van der Waals surface area contributed by atoms with Crippen LogP contribution in [0.25, 0.3) is 0 Å². The molecule has 1 aliphatic rings. The number of aromatic nitrogens is 2. The zero-order valence-corrected chi connectivity index (χ0v) is 15.8. The normalized spacial score (nSPS) is 13.8. The van der Waals surface area contributed by atoms with Gasteiger partial charge in [0.2, 0.25) is 11.8 Å². The molecule has 3 rings (SSSR count). The van der Waals surface area contributed by atoms with Gasteiger partial charge in [0.15, 0.2) is 0 Å². The summed E-state index contributed by atoms with van der Waals surface area (Å²) in [6.45, 7) is 5.56. The van der Waals surface area contributed by atoms with Crippen molar-refractivity contribution in [1.29, 1.82) is 0 Å². The molecule has 28 heavy (non-hydrogen) atoms. The van der Waals surface area contributed by atoms with Crippen molar-refractivity contribution in [1.82, 2.24) is 14.9 Å². The van der Waals surface area contributed by atoms with Crippen molar-refractivity contribution in [3.63, 3.8) is 0 Å². The van der Waals surface area contributed by atoms with E-state index in [1.165, 1.54) is 13.3 Å². The zero-order chi connectivity index (χ0) is 20.1. The molecule has 1 fully saturated rings. The van der Waals surface area contributed by atoms with E-state index in [2.05, 4.69) is 20.6 Å². The van der Waals surface area contributed by atoms with Crippen LogP contribution in [-0.4, -0.2) is 58.8 Å². The topological polar surface area (TPSA) is 108 Å². The first-order valence-electron chi connectivity index (χ1n) is 8.94. The average Bonchev–Trinajstić information content (AvgIpc) is 2.69. The van der Waals surface area contributed by atoms with Gasteiger partial charge in [0.05, 0.1) is 0 Å². The van der Waals surface area contributed by atoms with Crippen molar-refractivity contribution >= 4 is 34.9 Å². The largest absolute Gasteiger partial charge is 0.353 e. The van der Waals surface area contributed by atoms with Crippen LogP contribution in [-0.2, 0) is 9.59 Å². The number of rotatable bonds is 4. The lowest BCUT2D eigenvalue weighted by molar-refractivity contribution is -0.129. The minimum atomic E-state index is -0.349. The molecule has 9 nitrogen and oxygen atoms in total. The highest BCUT2D eigenvalue weighted by Gasteiger charge is 2.20. The number of benzene rings is 1. The van der Waals surface area contributed by atoms with E-state index in [1.807, 2.05) is 4.90 Å². The summed E-state index contributed by atoms with van der Waals surface area (Å²) < 4.78 is 0. The smallest absolute Gasteiger partial charge is 0.274 e. The molecule has 1 aromatic heterocycles. The average molecular weight is 382 g/mol. The summed E-state index contributed by atoms with van der Waals surface area (Å²) >= 11 is 0. The van der Waals surface area contributed by atoms with Gasteiger partial charge in [-0.3, -0.25) is 14.4 Å². The maximum absolute atomic E-state index is 12.5. The first-order chi connectivity index (χ1) is 13.4. The minimum Gasteiger partial charge on any atom is -0.353 e. The number of anilines is 3. The number of nitrogens with one attached hydrogen (secondary N) is 2. The van der Waals surface area contributed by atoms with Gasteiger partial charge in [0.1, 0.15) is 17.8 Å². The molecule has 3 amide bonds. The number of piperazine rings is 1. The summed E-state index contributed by atoms with van der Waals surface area (Å²) in [7, 11) is 0. The van der Waals surface area contributed by atoms with Crippen LogP contribution >= 0.6 is 0 Å². The van der Waals surface area contributed by atoms with Crippen molar-refractivity contribution in [2.75, 3.05) is 41.7 Å². The number of nitrogens with zero attached hydrogens (tertiary/aromatic N) is 4. The molecule has 0 radical (unpaired) electrons. The highest BCUT2D eigenvalue weighted by atomic mass is 16.2. The van der Waals surface area contributed by atoms with Gasteiger partial charge in [-0.15, -0.1) is 0 Å². The molecule has 0 atom stereocenters. The van der Waals surface area contributed by atoms with E-state index in [9.17, 15) is 14.4 Å². The SMILES string of the molecule is CC(=O)Nc1ccc(NC(=O)c2cc(N3CCN(C(C)=O)CC3)ncn2)cc1. The molecular weight excluding hydrogens is 360 g/mol. The predicted molar refractivity (Wildman–Crippen MR) is 105 cm³/mol. The second-order valence-corrected chi connectivity index (χ2v) is 6.47. The lowest BCUT2D eigenvalue weighted by Crippen LogP contribution is -2.48. The number of hydrogen-bond donors (Lipinski definition) is 2. The molecule has 1 aromatic carbocycles. The van der Waals surface area contributed by atoms with E-state index in [1.54, 1.807) is 42.2 Å². The quantitative estimate of drug-likeness (QED) is 0.827. The Balaban J connectivity index is 1.64. The van der Waals surface area contributed by atoms with E-state index < -0.39 is 0 Å². The van der Waals surface area contributed by atoms with Crippen LogP contribution in [0.4, 0.5) is 17.2 Å². The molecule has 1 saturated heterocycles. The molecular formula is C19H22N6O3. The molecule has 0 unspecified atom stereocenters. The van der Waals surface area contributed by atoms with Gasteiger partial charge in [-0.1, -0.05) is 0 Å². The van der Waals surface area contributed by atoms with Gasteiger partial charge in [-0.25, -0.2) is 9.97 Å². The van der Waals surface area contributed by atoms with Gasteiger partial charge < -0.3 is 20.4 Å². The van der Waals surface area contributed by atoms with E-state index in [0.29, 0.717) is 43.4 Å². The Morgan fingerprint density at radius 2 is 1.50 bits per heavy atom. The summed E-state index contributed by atoms with van der Waals surface area (Å²) in [5.74, 6) is 0.212. The second kappa shape index (κ2) is 8.47. The third-order valence-corrected chi connectivity index (χ3v) is 4.40. The number of carbonyl (C=O) groups excluding carboxylic acids is 3. The van der Waals surface area contributed by atoms with Crippen LogP contribution in [0.3, 0.4) is 0 Å². The molecule has 0 saturated carbocycles. The van der Waals surface area contributed by atoms with Gasteiger partial charge in [-0.2, -0.15) is 0 Å². The van der Waals surface area contributed by atoms with Crippen LogP contribution in [0, 0.1) is 0 Å². The Kier molecular flexibility index (Phi) is 5.83. The van der Waals surface area contributed by atoms with Crippen molar-refractivity contribution < 1.29 is 14.4 Å². The highest BCUT2D eigenvalue weighted by molar-refractivity contribution is 6.03. The maximum Gasteiger partial charge on any atom is 0.274 e. The summed E-state index contributed by atoms with van der Waals surface area (Å²) in [5.41, 5.74) is 1.50. The van der Waals surface area contributed by atoms with E-state index in [-0.39, 0.29) is 23.4 Å². The monoisotopic (exact) mass is 382 g/mol. The maximum atomic E-state index is 12.5. The Morgan fingerprint density at radius 3 is 2.07 bits per heavy atom. The summed E-state index contributed by atoms with van der Waals surface area (Å²) in [5, 5.41) is 5.45. The van der Waals surface area contributed by atoms with Gasteiger partial charge >= 0.3 is 0 Å².